The largest absolute Gasteiger partial charge is 0.299 e. The van der Waals surface area contributed by atoms with E-state index in [0.717, 1.165) is 17.7 Å². The van der Waals surface area contributed by atoms with Crippen LogP contribution < -0.4 is 0 Å². The topological polar surface area (TPSA) is 42.9 Å². The van der Waals surface area contributed by atoms with Gasteiger partial charge in [-0.3, -0.25) is 4.79 Å². The minimum Gasteiger partial charge on any atom is -0.299 e. The van der Waals surface area contributed by atoms with Crippen molar-refractivity contribution < 1.29 is 13.6 Å². The van der Waals surface area contributed by atoms with Crippen LogP contribution in [0, 0.1) is 23.0 Å². The standard InChI is InChI=1S/C27H26F2N2O/c1-16-22(32)13-15-27(3)24-19(12-14-26(16,27)2)23(17-8-4-6-10-20(17)28)30-25(31-24)18-9-5-7-11-21(18)29/h4-11,16H,12-15H2,1-3H3/t16-,26+,27-/m0/s1. The van der Waals surface area contributed by atoms with Gasteiger partial charge in [-0.25, -0.2) is 18.7 Å². The SMILES string of the molecule is C[C@H]1C(=O)CC[C@@]2(C)c3nc(-c4ccccc4F)nc(-c4ccccc4F)c3CC[C@]12C. The zero-order chi connectivity index (χ0) is 22.7. The summed E-state index contributed by atoms with van der Waals surface area (Å²) in [5, 5.41) is 0. The highest BCUT2D eigenvalue weighted by Gasteiger charge is 2.57. The molecule has 32 heavy (non-hydrogen) atoms. The van der Waals surface area contributed by atoms with Crippen LogP contribution in [-0.4, -0.2) is 15.8 Å². The predicted octanol–water partition coefficient (Wildman–Crippen LogP) is 6.30. The van der Waals surface area contributed by atoms with E-state index in [1.807, 2.05) is 6.92 Å². The van der Waals surface area contributed by atoms with Crippen LogP contribution in [0.4, 0.5) is 8.78 Å². The van der Waals surface area contributed by atoms with E-state index in [9.17, 15) is 13.6 Å². The fourth-order valence-corrected chi connectivity index (χ4v) is 5.79. The molecule has 0 radical (unpaired) electrons. The van der Waals surface area contributed by atoms with Gasteiger partial charge in [-0.05, 0) is 48.9 Å². The third-order valence-electron chi connectivity index (χ3n) is 8.24. The zero-order valence-electron chi connectivity index (χ0n) is 18.6. The Labute approximate surface area is 186 Å². The molecule has 0 N–H and O–H groups in total. The number of hydrogen-bond donors (Lipinski definition) is 0. The molecular weight excluding hydrogens is 406 g/mol. The summed E-state index contributed by atoms with van der Waals surface area (Å²) in [6.07, 6.45) is 2.61. The molecule has 0 aliphatic heterocycles. The van der Waals surface area contributed by atoms with Crippen molar-refractivity contribution in [3.8, 4) is 22.6 Å². The van der Waals surface area contributed by atoms with Crippen LogP contribution in [0.15, 0.2) is 48.5 Å². The second-order valence-corrected chi connectivity index (χ2v) is 9.62. The molecule has 164 valence electrons. The number of rotatable bonds is 2. The van der Waals surface area contributed by atoms with Gasteiger partial charge in [0.05, 0.1) is 17.0 Å². The van der Waals surface area contributed by atoms with Crippen LogP contribution in [0.2, 0.25) is 0 Å². The number of fused-ring (bicyclic) bond motifs is 3. The highest BCUT2D eigenvalue weighted by molar-refractivity contribution is 5.83. The zero-order valence-corrected chi connectivity index (χ0v) is 18.6. The van der Waals surface area contributed by atoms with Crippen molar-refractivity contribution in [1.82, 2.24) is 9.97 Å². The quantitative estimate of drug-likeness (QED) is 0.477. The maximum Gasteiger partial charge on any atom is 0.163 e. The lowest BCUT2D eigenvalue weighted by Crippen LogP contribution is -2.55. The van der Waals surface area contributed by atoms with Crippen molar-refractivity contribution in [3.63, 3.8) is 0 Å². The average Bonchev–Trinajstić information content (AvgIpc) is 2.79. The summed E-state index contributed by atoms with van der Waals surface area (Å²) >= 11 is 0. The van der Waals surface area contributed by atoms with Crippen LogP contribution in [-0.2, 0) is 16.6 Å². The molecule has 1 saturated carbocycles. The molecule has 3 atom stereocenters. The number of ketones is 1. The normalized spacial score (nSPS) is 27.0. The first-order chi connectivity index (χ1) is 15.3. The maximum absolute atomic E-state index is 14.9. The summed E-state index contributed by atoms with van der Waals surface area (Å²) in [4.78, 5) is 22.3. The lowest BCUT2D eigenvalue weighted by molar-refractivity contribution is -0.134. The van der Waals surface area contributed by atoms with Gasteiger partial charge in [0.1, 0.15) is 17.4 Å². The van der Waals surface area contributed by atoms with Gasteiger partial charge in [-0.1, -0.05) is 45.0 Å². The molecule has 1 fully saturated rings. The van der Waals surface area contributed by atoms with Gasteiger partial charge < -0.3 is 0 Å². The Morgan fingerprint density at radius 1 is 0.875 bits per heavy atom. The van der Waals surface area contributed by atoms with E-state index in [-0.39, 0.29) is 28.8 Å². The molecule has 1 aromatic heterocycles. The van der Waals surface area contributed by atoms with Crippen molar-refractivity contribution in [2.75, 3.05) is 0 Å². The van der Waals surface area contributed by atoms with Crippen molar-refractivity contribution in [1.29, 1.82) is 0 Å². The molecular formula is C27H26F2N2O. The highest BCUT2D eigenvalue weighted by Crippen LogP contribution is 2.59. The first-order valence-electron chi connectivity index (χ1n) is 11.2. The highest BCUT2D eigenvalue weighted by atomic mass is 19.1. The molecule has 2 aliphatic carbocycles. The van der Waals surface area contributed by atoms with E-state index in [0.29, 0.717) is 36.1 Å². The molecule has 5 heteroatoms. The summed E-state index contributed by atoms with van der Waals surface area (Å²) in [5.41, 5.74) is 2.30. The summed E-state index contributed by atoms with van der Waals surface area (Å²) in [5.74, 6) is -0.333. The van der Waals surface area contributed by atoms with E-state index in [1.54, 1.807) is 36.4 Å². The molecule has 0 spiro atoms. The second-order valence-electron chi connectivity index (χ2n) is 9.62. The van der Waals surface area contributed by atoms with Crippen LogP contribution in [0.3, 0.4) is 0 Å². The molecule has 2 aromatic carbocycles. The number of Topliss-reactive ketones (excluding diaryl/α,β-unsaturated/α-hetero) is 1. The van der Waals surface area contributed by atoms with E-state index < -0.39 is 11.2 Å². The number of aromatic nitrogens is 2. The van der Waals surface area contributed by atoms with Gasteiger partial charge in [-0.2, -0.15) is 0 Å². The minimum atomic E-state index is -0.414. The molecule has 0 amide bonds. The molecule has 3 nitrogen and oxygen atoms in total. The fraction of sp³-hybridized carbons (Fsp3) is 0.370. The Hall–Kier alpha value is -2.95. The van der Waals surface area contributed by atoms with Crippen LogP contribution in [0.5, 0.6) is 0 Å². The van der Waals surface area contributed by atoms with Crippen LogP contribution in [0.25, 0.3) is 22.6 Å². The van der Waals surface area contributed by atoms with Crippen LogP contribution in [0.1, 0.15) is 51.3 Å². The Morgan fingerprint density at radius 3 is 2.16 bits per heavy atom. The lowest BCUT2D eigenvalue weighted by Gasteiger charge is -2.56. The van der Waals surface area contributed by atoms with Crippen molar-refractivity contribution in [3.05, 3.63) is 71.4 Å². The van der Waals surface area contributed by atoms with Crippen molar-refractivity contribution in [2.45, 2.75) is 51.9 Å². The summed E-state index contributed by atoms with van der Waals surface area (Å²) in [6.45, 7) is 6.35. The number of benzene rings is 2. The maximum atomic E-state index is 14.9. The Balaban J connectivity index is 1.82. The number of hydrogen-bond acceptors (Lipinski definition) is 3. The first-order valence-corrected chi connectivity index (χ1v) is 11.2. The van der Waals surface area contributed by atoms with Crippen molar-refractivity contribution >= 4 is 5.78 Å². The van der Waals surface area contributed by atoms with Gasteiger partial charge in [0.25, 0.3) is 0 Å². The second kappa shape index (κ2) is 7.29. The summed E-state index contributed by atoms with van der Waals surface area (Å²) < 4.78 is 29.6. The number of nitrogens with zero attached hydrogens (tertiary/aromatic N) is 2. The van der Waals surface area contributed by atoms with Gasteiger partial charge in [0, 0.05) is 28.9 Å². The van der Waals surface area contributed by atoms with Gasteiger partial charge >= 0.3 is 0 Å². The molecule has 2 aliphatic rings. The Morgan fingerprint density at radius 2 is 1.50 bits per heavy atom. The summed E-state index contributed by atoms with van der Waals surface area (Å²) in [6, 6.07) is 13.0. The average molecular weight is 433 g/mol. The smallest absolute Gasteiger partial charge is 0.163 e. The monoisotopic (exact) mass is 432 g/mol. The molecule has 0 saturated heterocycles. The fourth-order valence-electron chi connectivity index (χ4n) is 5.79. The van der Waals surface area contributed by atoms with E-state index in [1.165, 1.54) is 12.1 Å². The minimum absolute atomic E-state index is 0.0989. The molecule has 5 rings (SSSR count). The Kier molecular flexibility index (Phi) is 4.77. The summed E-state index contributed by atoms with van der Waals surface area (Å²) in [7, 11) is 0. The van der Waals surface area contributed by atoms with E-state index in [4.69, 9.17) is 9.97 Å². The van der Waals surface area contributed by atoms with Gasteiger partial charge in [0.15, 0.2) is 5.82 Å². The van der Waals surface area contributed by atoms with Crippen LogP contribution >= 0.6 is 0 Å². The van der Waals surface area contributed by atoms with Crippen molar-refractivity contribution in [2.24, 2.45) is 11.3 Å². The van der Waals surface area contributed by atoms with Gasteiger partial charge in [-0.15, -0.1) is 0 Å². The molecule has 1 heterocycles. The van der Waals surface area contributed by atoms with E-state index in [2.05, 4.69) is 13.8 Å². The molecule has 0 unspecified atom stereocenters. The number of carbonyl (C=O) groups excluding carboxylic acids is 1. The van der Waals surface area contributed by atoms with E-state index >= 15 is 0 Å². The number of carbonyl (C=O) groups is 1. The van der Waals surface area contributed by atoms with Gasteiger partial charge in [0.2, 0.25) is 0 Å². The lowest BCUT2D eigenvalue weighted by atomic mass is 9.47. The Bertz CT molecular complexity index is 1240. The third kappa shape index (κ3) is 2.86. The number of halogens is 2. The third-order valence-corrected chi connectivity index (χ3v) is 8.24. The first kappa shape index (κ1) is 20.9. The predicted molar refractivity (Wildman–Crippen MR) is 120 cm³/mol. The molecule has 3 aromatic rings. The molecule has 0 bridgehead atoms.